The minimum absolute atomic E-state index is 0.200. The minimum Gasteiger partial charge on any atom is -0.350 e. The maximum Gasteiger partial charge on any atom is 0.241 e. The number of hydrogen-bond donors (Lipinski definition) is 2. The Morgan fingerprint density at radius 3 is 2.95 bits per heavy atom. The molecule has 1 amide bonds. The van der Waals surface area contributed by atoms with Gasteiger partial charge in [0.05, 0.1) is 6.20 Å². The molecule has 5 heteroatoms. The van der Waals surface area contributed by atoms with Gasteiger partial charge in [-0.3, -0.25) is 9.48 Å². The Kier molecular flexibility index (Phi) is 3.97. The van der Waals surface area contributed by atoms with Gasteiger partial charge in [0.25, 0.3) is 0 Å². The Bertz CT molecular complexity index is 576. The number of nitrogens with two attached hydrogens (primary N) is 1. The number of benzene rings is 1. The Hall–Kier alpha value is -2.14. The van der Waals surface area contributed by atoms with Gasteiger partial charge in [0.2, 0.25) is 5.91 Å². The minimum atomic E-state index is -0.682. The highest BCUT2D eigenvalue weighted by atomic mass is 16.2. The number of aryl methyl sites for hydroxylation is 2. The van der Waals surface area contributed by atoms with Crippen molar-refractivity contribution in [2.75, 3.05) is 0 Å². The van der Waals surface area contributed by atoms with Crippen LogP contribution in [-0.2, 0) is 18.4 Å². The number of rotatable bonds is 4. The molecule has 0 fully saturated rings. The van der Waals surface area contributed by atoms with Gasteiger partial charge in [-0.15, -0.1) is 0 Å². The van der Waals surface area contributed by atoms with Crippen LogP contribution in [0, 0.1) is 6.92 Å². The lowest BCUT2D eigenvalue weighted by molar-refractivity contribution is -0.122. The maximum atomic E-state index is 11.9. The van der Waals surface area contributed by atoms with E-state index in [2.05, 4.69) is 10.4 Å². The van der Waals surface area contributed by atoms with Crippen LogP contribution >= 0.6 is 0 Å². The topological polar surface area (TPSA) is 72.9 Å². The molecule has 2 aromatic rings. The fraction of sp³-hybridized carbons (Fsp3) is 0.286. The summed E-state index contributed by atoms with van der Waals surface area (Å²) in [5, 5.41) is 6.84. The molecule has 1 heterocycles. The molecule has 0 aliphatic heterocycles. The normalized spacial score (nSPS) is 12.2. The van der Waals surface area contributed by atoms with Gasteiger partial charge < -0.3 is 11.1 Å². The molecule has 1 aromatic carbocycles. The molecule has 0 spiro atoms. The first-order valence-electron chi connectivity index (χ1n) is 6.13. The average molecular weight is 258 g/mol. The summed E-state index contributed by atoms with van der Waals surface area (Å²) in [7, 11) is 1.79. The maximum absolute atomic E-state index is 11.9. The van der Waals surface area contributed by atoms with Crippen molar-refractivity contribution in [3.8, 4) is 0 Å². The van der Waals surface area contributed by atoms with Crippen molar-refractivity contribution in [2.24, 2.45) is 12.8 Å². The first-order chi connectivity index (χ1) is 9.06. The van der Waals surface area contributed by atoms with Gasteiger partial charge in [-0.25, -0.2) is 0 Å². The van der Waals surface area contributed by atoms with Gasteiger partial charge in [0, 0.05) is 25.4 Å². The van der Waals surface area contributed by atoms with Crippen LogP contribution in [0.2, 0.25) is 0 Å². The van der Waals surface area contributed by atoms with E-state index >= 15 is 0 Å². The smallest absolute Gasteiger partial charge is 0.241 e. The number of hydrogen-bond acceptors (Lipinski definition) is 3. The zero-order valence-corrected chi connectivity index (χ0v) is 11.1. The molecule has 100 valence electrons. The van der Waals surface area contributed by atoms with E-state index in [1.807, 2.05) is 31.2 Å². The van der Waals surface area contributed by atoms with E-state index in [-0.39, 0.29) is 5.91 Å². The molecule has 2 rings (SSSR count). The molecule has 19 heavy (non-hydrogen) atoms. The highest BCUT2D eigenvalue weighted by molar-refractivity contribution is 5.82. The summed E-state index contributed by atoms with van der Waals surface area (Å²) >= 11 is 0. The van der Waals surface area contributed by atoms with E-state index in [9.17, 15) is 4.79 Å². The fourth-order valence-electron chi connectivity index (χ4n) is 1.87. The van der Waals surface area contributed by atoms with Crippen molar-refractivity contribution in [1.29, 1.82) is 0 Å². The molecule has 3 N–H and O–H groups in total. The SMILES string of the molecule is Cc1cccc(CNC(=O)C(N)c2cnn(C)c2)c1. The monoisotopic (exact) mass is 258 g/mol. The highest BCUT2D eigenvalue weighted by Crippen LogP contribution is 2.09. The van der Waals surface area contributed by atoms with Crippen LogP contribution in [-0.4, -0.2) is 15.7 Å². The second-order valence-corrected chi connectivity index (χ2v) is 4.63. The summed E-state index contributed by atoms with van der Waals surface area (Å²) in [6, 6.07) is 7.32. The number of carbonyl (C=O) groups excluding carboxylic acids is 1. The van der Waals surface area contributed by atoms with Crippen LogP contribution in [0.3, 0.4) is 0 Å². The van der Waals surface area contributed by atoms with E-state index in [1.54, 1.807) is 24.1 Å². The van der Waals surface area contributed by atoms with Gasteiger partial charge in [-0.1, -0.05) is 29.8 Å². The Labute approximate surface area is 112 Å². The molecule has 1 atom stereocenters. The number of aromatic nitrogens is 2. The molecule has 0 aliphatic carbocycles. The molecule has 5 nitrogen and oxygen atoms in total. The Morgan fingerprint density at radius 2 is 2.32 bits per heavy atom. The van der Waals surface area contributed by atoms with Gasteiger partial charge >= 0.3 is 0 Å². The molecule has 1 aromatic heterocycles. The van der Waals surface area contributed by atoms with Gasteiger partial charge in [-0.2, -0.15) is 5.10 Å². The summed E-state index contributed by atoms with van der Waals surface area (Å²) in [4.78, 5) is 11.9. The lowest BCUT2D eigenvalue weighted by atomic mass is 10.1. The number of nitrogens with zero attached hydrogens (tertiary/aromatic N) is 2. The molecule has 0 radical (unpaired) electrons. The summed E-state index contributed by atoms with van der Waals surface area (Å²) < 4.78 is 1.63. The van der Waals surface area contributed by atoms with Crippen molar-refractivity contribution < 1.29 is 4.79 Å². The van der Waals surface area contributed by atoms with Crippen LogP contribution in [0.5, 0.6) is 0 Å². The van der Waals surface area contributed by atoms with E-state index in [0.29, 0.717) is 12.1 Å². The zero-order valence-electron chi connectivity index (χ0n) is 11.1. The molecular weight excluding hydrogens is 240 g/mol. The molecule has 0 saturated carbocycles. The quantitative estimate of drug-likeness (QED) is 0.860. The third-order valence-electron chi connectivity index (χ3n) is 2.92. The number of nitrogens with one attached hydrogen (secondary N) is 1. The second-order valence-electron chi connectivity index (χ2n) is 4.63. The van der Waals surface area contributed by atoms with Crippen LogP contribution in [0.15, 0.2) is 36.7 Å². The Morgan fingerprint density at radius 1 is 1.53 bits per heavy atom. The van der Waals surface area contributed by atoms with Crippen molar-refractivity contribution in [1.82, 2.24) is 15.1 Å². The number of amides is 1. The van der Waals surface area contributed by atoms with Crippen molar-refractivity contribution in [3.63, 3.8) is 0 Å². The van der Waals surface area contributed by atoms with E-state index in [0.717, 1.165) is 5.56 Å². The summed E-state index contributed by atoms with van der Waals surface area (Å²) in [5.41, 5.74) is 8.82. The predicted octanol–water partition coefficient (Wildman–Crippen LogP) is 1.04. The van der Waals surface area contributed by atoms with Crippen molar-refractivity contribution >= 4 is 5.91 Å². The molecule has 0 bridgehead atoms. The first-order valence-corrected chi connectivity index (χ1v) is 6.13. The third kappa shape index (κ3) is 3.42. The lowest BCUT2D eigenvalue weighted by Gasteiger charge is -2.11. The zero-order chi connectivity index (χ0) is 13.8. The third-order valence-corrected chi connectivity index (χ3v) is 2.92. The van der Waals surface area contributed by atoms with Crippen LogP contribution in [0.25, 0.3) is 0 Å². The van der Waals surface area contributed by atoms with Crippen molar-refractivity contribution in [3.05, 3.63) is 53.3 Å². The molecule has 0 saturated heterocycles. The van der Waals surface area contributed by atoms with Crippen molar-refractivity contribution in [2.45, 2.75) is 19.5 Å². The predicted molar refractivity (Wildman–Crippen MR) is 73.2 cm³/mol. The first kappa shape index (κ1) is 13.3. The van der Waals surface area contributed by atoms with E-state index in [4.69, 9.17) is 5.73 Å². The molecule has 0 aliphatic rings. The summed E-state index contributed by atoms with van der Waals surface area (Å²) in [6.07, 6.45) is 3.35. The van der Waals surface area contributed by atoms with E-state index < -0.39 is 6.04 Å². The average Bonchev–Trinajstić information content (AvgIpc) is 2.82. The van der Waals surface area contributed by atoms with Gasteiger partial charge in [-0.05, 0) is 12.5 Å². The fourth-order valence-corrected chi connectivity index (χ4v) is 1.87. The summed E-state index contributed by atoms with van der Waals surface area (Å²) in [6.45, 7) is 2.50. The van der Waals surface area contributed by atoms with Gasteiger partial charge in [0.15, 0.2) is 0 Å². The second kappa shape index (κ2) is 5.67. The van der Waals surface area contributed by atoms with Crippen LogP contribution < -0.4 is 11.1 Å². The molecule has 1 unspecified atom stereocenters. The lowest BCUT2D eigenvalue weighted by Crippen LogP contribution is -2.33. The van der Waals surface area contributed by atoms with Gasteiger partial charge in [0.1, 0.15) is 6.04 Å². The summed E-state index contributed by atoms with van der Waals surface area (Å²) in [5.74, 6) is -0.200. The van der Waals surface area contributed by atoms with E-state index in [1.165, 1.54) is 5.56 Å². The number of carbonyl (C=O) groups is 1. The van der Waals surface area contributed by atoms with Crippen LogP contribution in [0.4, 0.5) is 0 Å². The standard InChI is InChI=1S/C14H18N4O/c1-10-4-3-5-11(6-10)7-16-14(19)13(15)12-8-17-18(2)9-12/h3-6,8-9,13H,7,15H2,1-2H3,(H,16,19). The molecular formula is C14H18N4O. The van der Waals surface area contributed by atoms with Crippen LogP contribution in [0.1, 0.15) is 22.7 Å². The largest absolute Gasteiger partial charge is 0.350 e. The Balaban J connectivity index is 1.94. The highest BCUT2D eigenvalue weighted by Gasteiger charge is 2.16.